The molecular weight excluding hydrogens is 298 g/mol. The second-order valence-electron chi connectivity index (χ2n) is 5.13. The highest BCUT2D eigenvalue weighted by atomic mass is 32.1. The Morgan fingerprint density at radius 1 is 1.23 bits per heavy atom. The van der Waals surface area contributed by atoms with Crippen molar-refractivity contribution in [3.05, 3.63) is 58.9 Å². The van der Waals surface area contributed by atoms with Gasteiger partial charge >= 0.3 is 0 Å². The maximum absolute atomic E-state index is 10.3. The van der Waals surface area contributed by atoms with Crippen molar-refractivity contribution in [3.63, 3.8) is 0 Å². The quantitative estimate of drug-likeness (QED) is 0.700. The van der Waals surface area contributed by atoms with Crippen LogP contribution in [0.3, 0.4) is 0 Å². The molecule has 5 heteroatoms. The zero-order valence-corrected chi connectivity index (χ0v) is 13.2. The Labute approximate surface area is 133 Å². The second kappa shape index (κ2) is 7.07. The third-order valence-corrected chi connectivity index (χ3v) is 4.63. The lowest BCUT2D eigenvalue weighted by Crippen LogP contribution is -2.20. The highest BCUT2D eigenvalue weighted by molar-refractivity contribution is 7.19. The lowest BCUT2D eigenvalue weighted by molar-refractivity contribution is 0.161. The van der Waals surface area contributed by atoms with Gasteiger partial charge in [-0.25, -0.2) is 0 Å². The molecule has 1 atom stereocenters. The fraction of sp³-hybridized carbons (Fsp3) is 0.294. The molecule has 22 heavy (non-hydrogen) atoms. The summed E-state index contributed by atoms with van der Waals surface area (Å²) in [5.41, 5.74) is 0. The van der Waals surface area contributed by atoms with Crippen LogP contribution in [0.25, 0.3) is 10.1 Å². The Balaban J connectivity index is 1.54. The van der Waals surface area contributed by atoms with Gasteiger partial charge in [-0.2, -0.15) is 0 Å². The van der Waals surface area contributed by atoms with Gasteiger partial charge in [-0.05, 0) is 29.7 Å². The normalized spacial score (nSPS) is 12.8. The zero-order valence-electron chi connectivity index (χ0n) is 12.4. The molecule has 3 aromatic rings. The Morgan fingerprint density at radius 2 is 2.05 bits per heavy atom. The largest absolute Gasteiger partial charge is 0.462 e. The van der Waals surface area contributed by atoms with Gasteiger partial charge in [-0.3, -0.25) is 0 Å². The summed E-state index contributed by atoms with van der Waals surface area (Å²) in [5.74, 6) is 1.65. The van der Waals surface area contributed by atoms with E-state index in [1.165, 1.54) is 10.1 Å². The van der Waals surface area contributed by atoms with Gasteiger partial charge in [0.15, 0.2) is 0 Å². The topological polar surface area (TPSA) is 54.6 Å². The van der Waals surface area contributed by atoms with E-state index in [1.54, 1.807) is 18.4 Å². The number of fused-ring (bicyclic) bond motifs is 1. The molecule has 0 fully saturated rings. The smallest absolute Gasteiger partial charge is 0.129 e. The van der Waals surface area contributed by atoms with Crippen molar-refractivity contribution < 1.29 is 14.3 Å². The van der Waals surface area contributed by atoms with Crippen molar-refractivity contribution in [3.8, 4) is 0 Å². The molecule has 116 valence electrons. The molecule has 1 unspecified atom stereocenters. The molecule has 0 spiro atoms. The number of hydrogen-bond acceptors (Lipinski definition) is 5. The number of nitrogens with one attached hydrogen (secondary N) is 1. The summed E-state index contributed by atoms with van der Waals surface area (Å²) in [6.07, 6.45) is -0.509. The van der Waals surface area contributed by atoms with Crippen LogP contribution in [0, 0.1) is 0 Å². The summed E-state index contributed by atoms with van der Waals surface area (Å²) < 4.78 is 11.8. The number of furan rings is 1. The summed E-state index contributed by atoms with van der Waals surface area (Å²) in [7, 11) is 1.64. The first-order valence-corrected chi connectivity index (χ1v) is 8.01. The van der Waals surface area contributed by atoms with Crippen LogP contribution < -0.4 is 5.32 Å². The van der Waals surface area contributed by atoms with E-state index >= 15 is 0 Å². The predicted molar refractivity (Wildman–Crippen MR) is 87.9 cm³/mol. The molecular formula is C17H19NO3S. The van der Waals surface area contributed by atoms with Crippen molar-refractivity contribution in [2.45, 2.75) is 19.3 Å². The van der Waals surface area contributed by atoms with E-state index in [1.807, 2.05) is 24.3 Å². The van der Waals surface area contributed by atoms with Crippen LogP contribution >= 0.6 is 11.3 Å². The minimum atomic E-state index is -0.509. The number of methoxy groups -OCH3 is 1. The molecule has 0 bridgehead atoms. The number of hydrogen-bond donors (Lipinski definition) is 2. The van der Waals surface area contributed by atoms with Crippen LogP contribution in [0.1, 0.15) is 22.5 Å². The molecule has 0 saturated carbocycles. The van der Waals surface area contributed by atoms with E-state index < -0.39 is 6.10 Å². The molecule has 3 rings (SSSR count). The third-order valence-electron chi connectivity index (χ3n) is 3.41. The number of thiophene rings is 1. The van der Waals surface area contributed by atoms with Crippen LogP contribution in [0.15, 0.2) is 46.9 Å². The van der Waals surface area contributed by atoms with Crippen LogP contribution in [0.2, 0.25) is 0 Å². The molecule has 0 aliphatic rings. The number of rotatable bonds is 7. The number of benzene rings is 1. The molecule has 0 radical (unpaired) electrons. The van der Waals surface area contributed by atoms with Gasteiger partial charge < -0.3 is 19.6 Å². The Bertz CT molecular complexity index is 701. The van der Waals surface area contributed by atoms with E-state index in [-0.39, 0.29) is 0 Å². The van der Waals surface area contributed by atoms with Gasteiger partial charge in [-0.1, -0.05) is 18.2 Å². The number of ether oxygens (including phenoxy) is 1. The maximum Gasteiger partial charge on any atom is 0.129 e. The van der Waals surface area contributed by atoms with Crippen LogP contribution in [0.4, 0.5) is 0 Å². The Hall–Kier alpha value is -1.66. The van der Waals surface area contributed by atoms with Gasteiger partial charge in [0, 0.05) is 23.2 Å². The first-order valence-electron chi connectivity index (χ1n) is 7.20. The average molecular weight is 317 g/mol. The summed E-state index contributed by atoms with van der Waals surface area (Å²) in [5, 5.41) is 14.7. The van der Waals surface area contributed by atoms with E-state index in [0.29, 0.717) is 19.7 Å². The highest BCUT2D eigenvalue weighted by Gasteiger charge is 2.11. The first-order chi connectivity index (χ1) is 10.8. The van der Waals surface area contributed by atoms with Gasteiger partial charge in [0.25, 0.3) is 0 Å². The number of aliphatic hydroxyl groups is 1. The molecule has 0 aliphatic carbocycles. The summed E-state index contributed by atoms with van der Waals surface area (Å²) in [6, 6.07) is 14.0. The molecule has 0 saturated heterocycles. The summed E-state index contributed by atoms with van der Waals surface area (Å²) >= 11 is 1.63. The molecule has 2 N–H and O–H groups in total. The van der Waals surface area contributed by atoms with Gasteiger partial charge in [0.05, 0.1) is 6.54 Å². The van der Waals surface area contributed by atoms with Crippen LogP contribution in [-0.2, 0) is 17.9 Å². The lowest BCUT2D eigenvalue weighted by atomic mass is 10.2. The fourth-order valence-electron chi connectivity index (χ4n) is 2.34. The number of aliphatic hydroxyl groups excluding tert-OH is 1. The molecule has 2 heterocycles. The third kappa shape index (κ3) is 3.56. The van der Waals surface area contributed by atoms with Crippen LogP contribution in [0.5, 0.6) is 0 Å². The summed E-state index contributed by atoms with van der Waals surface area (Å²) in [4.78, 5) is 0.980. The molecule has 1 aromatic carbocycles. The molecule has 0 amide bonds. The highest BCUT2D eigenvalue weighted by Crippen LogP contribution is 2.29. The summed E-state index contributed by atoms with van der Waals surface area (Å²) in [6.45, 7) is 1.56. The molecule has 4 nitrogen and oxygen atoms in total. The van der Waals surface area contributed by atoms with Gasteiger partial charge in [0.1, 0.15) is 24.2 Å². The minimum absolute atomic E-state index is 0.477. The van der Waals surface area contributed by atoms with Crippen molar-refractivity contribution in [2.75, 3.05) is 13.7 Å². The molecule has 0 aliphatic heterocycles. The first kappa shape index (κ1) is 15.2. The van der Waals surface area contributed by atoms with Crippen LogP contribution in [-0.4, -0.2) is 18.8 Å². The molecule has 2 aromatic heterocycles. The second-order valence-corrected chi connectivity index (χ2v) is 6.25. The van der Waals surface area contributed by atoms with Crippen molar-refractivity contribution >= 4 is 21.4 Å². The van der Waals surface area contributed by atoms with Crippen molar-refractivity contribution in [1.82, 2.24) is 5.32 Å². The van der Waals surface area contributed by atoms with Crippen molar-refractivity contribution in [2.24, 2.45) is 0 Å². The minimum Gasteiger partial charge on any atom is -0.462 e. The van der Waals surface area contributed by atoms with Gasteiger partial charge in [-0.15, -0.1) is 11.3 Å². The van der Waals surface area contributed by atoms with E-state index in [4.69, 9.17) is 9.15 Å². The average Bonchev–Trinajstić information content (AvgIpc) is 3.14. The maximum atomic E-state index is 10.3. The SMILES string of the molecule is COCc1ccc(CNCC(O)c2cc3ccccc3s2)o1. The fourth-order valence-corrected chi connectivity index (χ4v) is 3.39. The standard InChI is InChI=1S/C17H19NO3S/c1-20-11-14-7-6-13(21-14)9-18-10-15(19)17-8-12-4-2-3-5-16(12)22-17/h2-8,15,18-19H,9-11H2,1H3. The van der Waals surface area contributed by atoms with E-state index in [0.717, 1.165) is 16.4 Å². The zero-order chi connectivity index (χ0) is 15.4. The van der Waals surface area contributed by atoms with E-state index in [2.05, 4.69) is 23.5 Å². The predicted octanol–water partition coefficient (Wildman–Crippen LogP) is 3.46. The van der Waals surface area contributed by atoms with Gasteiger partial charge in [0.2, 0.25) is 0 Å². The van der Waals surface area contributed by atoms with E-state index in [9.17, 15) is 5.11 Å². The monoisotopic (exact) mass is 317 g/mol. The van der Waals surface area contributed by atoms with Crippen molar-refractivity contribution in [1.29, 1.82) is 0 Å². The Morgan fingerprint density at radius 3 is 2.86 bits per heavy atom. The Kier molecular flexibility index (Phi) is 4.90. The lowest BCUT2D eigenvalue weighted by Gasteiger charge is -2.08.